The number of nitrogens with one attached hydrogen (secondary N) is 1. The topological polar surface area (TPSA) is 52.7 Å². The van der Waals surface area contributed by atoms with Crippen LogP contribution in [0.5, 0.6) is 0 Å². The summed E-state index contributed by atoms with van der Waals surface area (Å²) in [6, 6.07) is 1.30. The van der Waals surface area contributed by atoms with Crippen molar-refractivity contribution in [1.82, 2.24) is 15.1 Å². The Kier molecular flexibility index (Phi) is 4.71. The van der Waals surface area contributed by atoms with Crippen LogP contribution in [0.25, 0.3) is 0 Å². The lowest BCUT2D eigenvalue weighted by molar-refractivity contribution is -0.142. The highest BCUT2D eigenvalue weighted by atomic mass is 16.2. The van der Waals surface area contributed by atoms with Gasteiger partial charge in [-0.2, -0.15) is 0 Å². The van der Waals surface area contributed by atoms with Gasteiger partial charge in [0.25, 0.3) is 0 Å². The maximum absolute atomic E-state index is 12.5. The highest BCUT2D eigenvalue weighted by Gasteiger charge is 2.35. The van der Waals surface area contributed by atoms with Crippen LogP contribution in [0.4, 0.5) is 0 Å². The number of amides is 2. The summed E-state index contributed by atoms with van der Waals surface area (Å²) < 4.78 is 0. The largest absolute Gasteiger partial charge is 0.339 e. The van der Waals surface area contributed by atoms with E-state index >= 15 is 0 Å². The molecule has 3 aliphatic heterocycles. The molecule has 2 bridgehead atoms. The number of carbonyl (C=O) groups is 2. The Bertz CT molecular complexity index is 418. The molecule has 3 heterocycles. The van der Waals surface area contributed by atoms with Gasteiger partial charge in [-0.1, -0.05) is 13.8 Å². The van der Waals surface area contributed by atoms with Crippen LogP contribution >= 0.6 is 0 Å². The van der Waals surface area contributed by atoms with Gasteiger partial charge in [0.15, 0.2) is 0 Å². The van der Waals surface area contributed by atoms with E-state index in [9.17, 15) is 9.59 Å². The van der Waals surface area contributed by atoms with E-state index < -0.39 is 0 Å². The maximum Gasteiger partial charge on any atom is 0.225 e. The van der Waals surface area contributed by atoms with Crippen molar-refractivity contribution >= 4 is 11.8 Å². The summed E-state index contributed by atoms with van der Waals surface area (Å²) in [6.45, 7) is 6.67. The molecule has 0 spiro atoms. The molecule has 2 atom stereocenters. The van der Waals surface area contributed by atoms with E-state index in [1.807, 2.05) is 23.6 Å². The monoisotopic (exact) mass is 307 g/mol. The molecule has 0 aromatic carbocycles. The van der Waals surface area contributed by atoms with Crippen LogP contribution in [0.1, 0.15) is 46.0 Å². The molecule has 2 unspecified atom stereocenters. The van der Waals surface area contributed by atoms with Gasteiger partial charge in [-0.3, -0.25) is 9.59 Å². The Balaban J connectivity index is 1.45. The number of hydrogen-bond acceptors (Lipinski definition) is 3. The SMILES string of the molecule is CC(C)C(=O)N1CCN(C(=O)CC2CC3CCC(C2)N3)CC1. The number of rotatable bonds is 3. The zero-order chi connectivity index (χ0) is 15.7. The van der Waals surface area contributed by atoms with Crippen LogP contribution in [0, 0.1) is 11.8 Å². The Morgan fingerprint density at radius 1 is 1.00 bits per heavy atom. The van der Waals surface area contributed by atoms with E-state index in [2.05, 4.69) is 5.32 Å². The standard InChI is InChI=1S/C17H29N3O2/c1-12(2)17(22)20-7-5-19(6-8-20)16(21)11-13-9-14-3-4-15(10-13)18-14/h12-15,18H,3-11H2,1-2H3. The summed E-state index contributed by atoms with van der Waals surface area (Å²) in [7, 11) is 0. The third-order valence-electron chi connectivity index (χ3n) is 5.47. The second-order valence-corrected chi connectivity index (χ2v) is 7.54. The predicted octanol–water partition coefficient (Wildman–Crippen LogP) is 1.23. The molecule has 0 saturated carbocycles. The molecule has 5 heteroatoms. The van der Waals surface area contributed by atoms with Gasteiger partial charge in [0.05, 0.1) is 0 Å². The number of fused-ring (bicyclic) bond motifs is 2. The van der Waals surface area contributed by atoms with Gasteiger partial charge in [0, 0.05) is 50.6 Å². The second-order valence-electron chi connectivity index (χ2n) is 7.54. The van der Waals surface area contributed by atoms with Gasteiger partial charge in [-0.15, -0.1) is 0 Å². The van der Waals surface area contributed by atoms with Crippen molar-refractivity contribution in [2.24, 2.45) is 11.8 Å². The first-order chi connectivity index (χ1) is 10.5. The third-order valence-corrected chi connectivity index (χ3v) is 5.47. The Labute approximate surface area is 133 Å². The number of piperazine rings is 1. The van der Waals surface area contributed by atoms with Crippen molar-refractivity contribution in [2.45, 2.75) is 58.0 Å². The van der Waals surface area contributed by atoms with Crippen molar-refractivity contribution in [3.8, 4) is 0 Å². The first-order valence-corrected chi connectivity index (χ1v) is 8.85. The summed E-state index contributed by atoms with van der Waals surface area (Å²) in [5.41, 5.74) is 0. The summed E-state index contributed by atoms with van der Waals surface area (Å²) >= 11 is 0. The molecule has 0 aromatic heterocycles. The summed E-state index contributed by atoms with van der Waals surface area (Å²) in [4.78, 5) is 28.4. The molecule has 0 radical (unpaired) electrons. The zero-order valence-electron chi connectivity index (χ0n) is 13.9. The van der Waals surface area contributed by atoms with E-state index in [-0.39, 0.29) is 11.8 Å². The van der Waals surface area contributed by atoms with Gasteiger partial charge in [-0.05, 0) is 31.6 Å². The highest BCUT2D eigenvalue weighted by molar-refractivity contribution is 5.79. The molecule has 22 heavy (non-hydrogen) atoms. The summed E-state index contributed by atoms with van der Waals surface area (Å²) in [6.07, 6.45) is 5.59. The van der Waals surface area contributed by atoms with Crippen LogP contribution in [0.3, 0.4) is 0 Å². The molecule has 124 valence electrons. The van der Waals surface area contributed by atoms with E-state index in [4.69, 9.17) is 0 Å². The van der Waals surface area contributed by atoms with Crippen molar-refractivity contribution in [2.75, 3.05) is 26.2 Å². The maximum atomic E-state index is 12.5. The minimum Gasteiger partial charge on any atom is -0.339 e. The van der Waals surface area contributed by atoms with Crippen molar-refractivity contribution in [3.63, 3.8) is 0 Å². The lowest BCUT2D eigenvalue weighted by Gasteiger charge is -2.37. The minimum atomic E-state index is 0.0486. The normalized spacial score (nSPS) is 31.7. The smallest absolute Gasteiger partial charge is 0.225 e. The van der Waals surface area contributed by atoms with E-state index in [1.165, 1.54) is 12.8 Å². The Morgan fingerprint density at radius 3 is 2.09 bits per heavy atom. The summed E-state index contributed by atoms with van der Waals surface area (Å²) in [5, 5.41) is 3.63. The van der Waals surface area contributed by atoms with Crippen LogP contribution in [0.15, 0.2) is 0 Å². The Morgan fingerprint density at radius 2 is 1.55 bits per heavy atom. The quantitative estimate of drug-likeness (QED) is 0.853. The molecule has 2 amide bonds. The van der Waals surface area contributed by atoms with E-state index in [0.717, 1.165) is 12.8 Å². The van der Waals surface area contributed by atoms with Gasteiger partial charge >= 0.3 is 0 Å². The summed E-state index contributed by atoms with van der Waals surface area (Å²) in [5.74, 6) is 1.11. The van der Waals surface area contributed by atoms with Crippen molar-refractivity contribution in [3.05, 3.63) is 0 Å². The molecule has 3 rings (SSSR count). The van der Waals surface area contributed by atoms with Crippen molar-refractivity contribution < 1.29 is 9.59 Å². The molecule has 3 saturated heterocycles. The first-order valence-electron chi connectivity index (χ1n) is 8.85. The first kappa shape index (κ1) is 15.8. The van der Waals surface area contributed by atoms with Crippen LogP contribution < -0.4 is 5.32 Å². The number of hydrogen-bond donors (Lipinski definition) is 1. The van der Waals surface area contributed by atoms with Crippen molar-refractivity contribution in [1.29, 1.82) is 0 Å². The number of carbonyl (C=O) groups excluding carboxylic acids is 2. The Hall–Kier alpha value is -1.10. The molecule has 3 fully saturated rings. The zero-order valence-corrected chi connectivity index (χ0v) is 13.9. The lowest BCUT2D eigenvalue weighted by atomic mass is 9.89. The highest BCUT2D eigenvalue weighted by Crippen LogP contribution is 2.33. The van der Waals surface area contributed by atoms with E-state index in [0.29, 0.717) is 56.5 Å². The van der Waals surface area contributed by atoms with Crippen LogP contribution in [0.2, 0.25) is 0 Å². The molecular formula is C17H29N3O2. The van der Waals surface area contributed by atoms with E-state index in [1.54, 1.807) is 0 Å². The second kappa shape index (κ2) is 6.57. The van der Waals surface area contributed by atoms with Crippen LogP contribution in [-0.4, -0.2) is 59.9 Å². The molecule has 0 aromatic rings. The fourth-order valence-electron chi connectivity index (χ4n) is 4.26. The predicted molar refractivity (Wildman–Crippen MR) is 85.3 cm³/mol. The van der Waals surface area contributed by atoms with Gasteiger partial charge in [0.2, 0.25) is 11.8 Å². The fraction of sp³-hybridized carbons (Fsp3) is 0.882. The van der Waals surface area contributed by atoms with Gasteiger partial charge in [-0.25, -0.2) is 0 Å². The lowest BCUT2D eigenvalue weighted by Crippen LogP contribution is -2.52. The third kappa shape index (κ3) is 3.45. The average Bonchev–Trinajstić information content (AvgIpc) is 2.85. The molecule has 3 aliphatic rings. The fourth-order valence-corrected chi connectivity index (χ4v) is 4.26. The number of piperidine rings is 1. The molecule has 1 N–H and O–H groups in total. The van der Waals surface area contributed by atoms with Gasteiger partial charge in [0.1, 0.15) is 0 Å². The van der Waals surface area contributed by atoms with Crippen LogP contribution in [-0.2, 0) is 9.59 Å². The molecular weight excluding hydrogens is 278 g/mol. The minimum absolute atomic E-state index is 0.0486. The van der Waals surface area contributed by atoms with Gasteiger partial charge < -0.3 is 15.1 Å². The number of nitrogens with zero attached hydrogens (tertiary/aromatic N) is 2. The molecule has 5 nitrogen and oxygen atoms in total. The average molecular weight is 307 g/mol. The molecule has 0 aliphatic carbocycles.